The lowest BCUT2D eigenvalue weighted by Crippen LogP contribution is -2.45. The van der Waals surface area contributed by atoms with Crippen LogP contribution in [0.15, 0.2) is 29.0 Å². The van der Waals surface area contributed by atoms with Crippen molar-refractivity contribution >= 4 is 11.8 Å². The summed E-state index contributed by atoms with van der Waals surface area (Å²) in [6.45, 7) is 4.42. The maximum Gasteiger partial charge on any atom is 0.277 e. The largest absolute Gasteiger partial charge is 0.361 e. The minimum atomic E-state index is -0.254. The molecule has 0 unspecified atom stereocenters. The molecule has 1 fully saturated rings. The Kier molecular flexibility index (Phi) is 3.62. The zero-order chi connectivity index (χ0) is 15.7. The number of aromatic nitrogens is 2. The Balaban J connectivity index is 1.88. The highest BCUT2D eigenvalue weighted by Crippen LogP contribution is 2.21. The lowest BCUT2D eigenvalue weighted by Gasteiger charge is -2.27. The SMILES string of the molecule is Cc1noc(C)c1C(=O)N1CCCN1C(=O)c1ccncc1. The summed E-state index contributed by atoms with van der Waals surface area (Å²) >= 11 is 0. The number of carbonyl (C=O) groups is 2. The second-order valence-corrected chi connectivity index (χ2v) is 5.15. The molecule has 2 amide bonds. The van der Waals surface area contributed by atoms with Crippen LogP contribution in [0.4, 0.5) is 0 Å². The topological polar surface area (TPSA) is 79.5 Å². The molecule has 3 rings (SSSR count). The van der Waals surface area contributed by atoms with Crippen molar-refractivity contribution in [3.8, 4) is 0 Å². The van der Waals surface area contributed by atoms with Crippen molar-refractivity contribution in [1.82, 2.24) is 20.2 Å². The number of pyridine rings is 1. The van der Waals surface area contributed by atoms with Crippen LogP contribution in [-0.2, 0) is 0 Å². The molecule has 2 aromatic heterocycles. The van der Waals surface area contributed by atoms with Crippen LogP contribution in [-0.4, -0.2) is 45.1 Å². The van der Waals surface area contributed by atoms with E-state index in [2.05, 4.69) is 10.1 Å². The average Bonchev–Trinajstić information content (AvgIpc) is 3.14. The van der Waals surface area contributed by atoms with E-state index in [0.29, 0.717) is 35.7 Å². The van der Waals surface area contributed by atoms with E-state index in [0.717, 1.165) is 6.42 Å². The van der Waals surface area contributed by atoms with Gasteiger partial charge < -0.3 is 4.52 Å². The van der Waals surface area contributed by atoms with Gasteiger partial charge in [-0.3, -0.25) is 14.6 Å². The molecule has 0 radical (unpaired) electrons. The van der Waals surface area contributed by atoms with Gasteiger partial charge >= 0.3 is 0 Å². The summed E-state index contributed by atoms with van der Waals surface area (Å²) in [5.74, 6) is 0.00174. The van der Waals surface area contributed by atoms with E-state index >= 15 is 0 Å². The van der Waals surface area contributed by atoms with E-state index in [1.54, 1.807) is 38.4 Å². The van der Waals surface area contributed by atoms with Gasteiger partial charge in [-0.25, -0.2) is 10.0 Å². The molecular formula is C15H16N4O3. The first kappa shape index (κ1) is 14.2. The van der Waals surface area contributed by atoms with E-state index in [1.165, 1.54) is 10.0 Å². The third kappa shape index (κ3) is 2.34. The smallest absolute Gasteiger partial charge is 0.277 e. The highest BCUT2D eigenvalue weighted by atomic mass is 16.5. The maximum absolute atomic E-state index is 12.7. The van der Waals surface area contributed by atoms with Gasteiger partial charge in [-0.2, -0.15) is 0 Å². The summed E-state index contributed by atoms with van der Waals surface area (Å²) in [5, 5.41) is 6.75. The fraction of sp³-hybridized carbons (Fsp3) is 0.333. The van der Waals surface area contributed by atoms with Gasteiger partial charge in [-0.15, -0.1) is 0 Å². The summed E-state index contributed by atoms with van der Waals surface area (Å²) in [5.41, 5.74) is 1.47. The number of carbonyl (C=O) groups excluding carboxylic acids is 2. The molecule has 7 heteroatoms. The third-order valence-electron chi connectivity index (χ3n) is 3.67. The Morgan fingerprint density at radius 2 is 1.73 bits per heavy atom. The number of nitrogens with zero attached hydrogens (tertiary/aromatic N) is 4. The molecule has 0 saturated carbocycles. The van der Waals surface area contributed by atoms with Gasteiger partial charge in [0.2, 0.25) is 0 Å². The highest BCUT2D eigenvalue weighted by Gasteiger charge is 2.34. The molecule has 0 atom stereocenters. The number of hydrogen-bond donors (Lipinski definition) is 0. The molecule has 114 valence electrons. The van der Waals surface area contributed by atoms with Crippen molar-refractivity contribution in [1.29, 1.82) is 0 Å². The van der Waals surface area contributed by atoms with Gasteiger partial charge in [0.25, 0.3) is 11.8 Å². The molecule has 0 spiro atoms. The molecule has 0 aliphatic carbocycles. The van der Waals surface area contributed by atoms with Gasteiger partial charge in [0.1, 0.15) is 11.3 Å². The number of amides is 2. The molecule has 0 aromatic carbocycles. The summed E-state index contributed by atoms with van der Waals surface area (Å²) in [6, 6.07) is 3.28. The maximum atomic E-state index is 12.7. The zero-order valence-electron chi connectivity index (χ0n) is 12.4. The molecule has 7 nitrogen and oxygen atoms in total. The number of aryl methyl sites for hydroxylation is 2. The van der Waals surface area contributed by atoms with Crippen LogP contribution < -0.4 is 0 Å². The second-order valence-electron chi connectivity index (χ2n) is 5.15. The van der Waals surface area contributed by atoms with Crippen molar-refractivity contribution in [2.45, 2.75) is 20.3 Å². The molecule has 1 aliphatic heterocycles. The Bertz CT molecular complexity index is 691. The van der Waals surface area contributed by atoms with Gasteiger partial charge in [-0.1, -0.05) is 5.16 Å². The average molecular weight is 300 g/mol. The molecule has 0 bridgehead atoms. The fourth-order valence-corrected chi connectivity index (χ4v) is 2.59. The summed E-state index contributed by atoms with van der Waals surface area (Å²) in [4.78, 5) is 29.2. The van der Waals surface area contributed by atoms with Gasteiger partial charge in [0.15, 0.2) is 0 Å². The highest BCUT2D eigenvalue weighted by molar-refractivity contribution is 6.00. The van der Waals surface area contributed by atoms with Gasteiger partial charge in [0, 0.05) is 31.0 Å². The summed E-state index contributed by atoms with van der Waals surface area (Å²) in [6.07, 6.45) is 3.86. The van der Waals surface area contributed by atoms with Crippen LogP contribution in [0.3, 0.4) is 0 Å². The molecule has 2 aromatic rings. The first-order chi connectivity index (χ1) is 10.6. The predicted molar refractivity (Wildman–Crippen MR) is 76.9 cm³/mol. The van der Waals surface area contributed by atoms with Gasteiger partial charge in [-0.05, 0) is 32.4 Å². The van der Waals surface area contributed by atoms with Crippen molar-refractivity contribution in [2.75, 3.05) is 13.1 Å². The molecule has 0 N–H and O–H groups in total. The minimum absolute atomic E-state index is 0.208. The van der Waals surface area contributed by atoms with Crippen LogP contribution in [0.2, 0.25) is 0 Å². The Labute approximate surface area is 127 Å². The molecule has 1 saturated heterocycles. The van der Waals surface area contributed by atoms with E-state index in [-0.39, 0.29) is 11.8 Å². The Hall–Kier alpha value is -2.70. The van der Waals surface area contributed by atoms with E-state index in [4.69, 9.17) is 4.52 Å². The molecule has 22 heavy (non-hydrogen) atoms. The molecule has 1 aliphatic rings. The third-order valence-corrected chi connectivity index (χ3v) is 3.67. The summed E-state index contributed by atoms with van der Waals surface area (Å²) < 4.78 is 5.05. The molecular weight excluding hydrogens is 284 g/mol. The molecule has 3 heterocycles. The Morgan fingerprint density at radius 3 is 2.32 bits per heavy atom. The van der Waals surface area contributed by atoms with Crippen LogP contribution in [0.5, 0.6) is 0 Å². The second kappa shape index (κ2) is 5.59. The standard InChI is InChI=1S/C15H16N4O3/c1-10-13(11(2)22-17-10)15(21)19-9-3-8-18(19)14(20)12-4-6-16-7-5-12/h4-7H,3,8-9H2,1-2H3. The van der Waals surface area contributed by atoms with Crippen molar-refractivity contribution in [2.24, 2.45) is 0 Å². The lowest BCUT2D eigenvalue weighted by molar-refractivity contribution is 0.0184. The number of rotatable bonds is 2. The first-order valence-electron chi connectivity index (χ1n) is 7.06. The monoisotopic (exact) mass is 300 g/mol. The quantitative estimate of drug-likeness (QED) is 0.841. The van der Waals surface area contributed by atoms with E-state index < -0.39 is 0 Å². The van der Waals surface area contributed by atoms with Crippen LogP contribution in [0.1, 0.15) is 38.6 Å². The van der Waals surface area contributed by atoms with E-state index in [1.807, 2.05) is 0 Å². The van der Waals surface area contributed by atoms with Gasteiger partial charge in [0.05, 0.1) is 5.69 Å². The van der Waals surface area contributed by atoms with Crippen LogP contribution in [0, 0.1) is 13.8 Å². The normalized spacial score (nSPS) is 14.5. The van der Waals surface area contributed by atoms with Crippen molar-refractivity contribution < 1.29 is 14.1 Å². The van der Waals surface area contributed by atoms with Crippen LogP contribution >= 0.6 is 0 Å². The van der Waals surface area contributed by atoms with Crippen molar-refractivity contribution in [3.05, 3.63) is 47.1 Å². The predicted octanol–water partition coefficient (Wildman–Crippen LogP) is 1.59. The number of hydrazine groups is 1. The lowest BCUT2D eigenvalue weighted by atomic mass is 10.2. The zero-order valence-corrected chi connectivity index (χ0v) is 12.4. The summed E-state index contributed by atoms with van der Waals surface area (Å²) in [7, 11) is 0. The first-order valence-corrected chi connectivity index (χ1v) is 7.06. The van der Waals surface area contributed by atoms with Crippen molar-refractivity contribution in [3.63, 3.8) is 0 Å². The Morgan fingerprint density at radius 1 is 1.09 bits per heavy atom. The van der Waals surface area contributed by atoms with E-state index in [9.17, 15) is 9.59 Å². The fourth-order valence-electron chi connectivity index (χ4n) is 2.59. The minimum Gasteiger partial charge on any atom is -0.361 e. The number of hydrogen-bond acceptors (Lipinski definition) is 5. The van der Waals surface area contributed by atoms with Crippen LogP contribution in [0.25, 0.3) is 0 Å².